The summed E-state index contributed by atoms with van der Waals surface area (Å²) in [5, 5.41) is 3.89. The summed E-state index contributed by atoms with van der Waals surface area (Å²) in [5.41, 5.74) is 3.16. The van der Waals surface area contributed by atoms with Crippen molar-refractivity contribution in [3.63, 3.8) is 0 Å². The van der Waals surface area contributed by atoms with Gasteiger partial charge in [0, 0.05) is 17.1 Å². The lowest BCUT2D eigenvalue weighted by Crippen LogP contribution is -2.14. The third kappa shape index (κ3) is 4.56. The highest BCUT2D eigenvalue weighted by Crippen LogP contribution is 2.25. The second-order valence-corrected chi connectivity index (χ2v) is 6.81. The molecule has 140 valence electrons. The predicted octanol–water partition coefficient (Wildman–Crippen LogP) is 4.23. The van der Waals surface area contributed by atoms with Gasteiger partial charge >= 0.3 is 0 Å². The third-order valence-electron chi connectivity index (χ3n) is 4.38. The van der Waals surface area contributed by atoms with E-state index in [1.807, 2.05) is 43.3 Å². The van der Waals surface area contributed by atoms with Gasteiger partial charge < -0.3 is 15.0 Å². The van der Waals surface area contributed by atoms with Gasteiger partial charge in [0.1, 0.15) is 5.75 Å². The number of aromatic nitrogens is 1. The summed E-state index contributed by atoms with van der Waals surface area (Å²) in [6.45, 7) is 6.66. The lowest BCUT2D eigenvalue weighted by Gasteiger charge is -2.11. The molecule has 0 saturated heterocycles. The molecule has 0 fully saturated rings. The van der Waals surface area contributed by atoms with E-state index in [0.717, 1.165) is 27.8 Å². The minimum Gasteiger partial charge on any atom is -0.494 e. The molecule has 0 spiro atoms. The molecule has 1 heterocycles. The number of hydrogen-bond acceptors (Lipinski definition) is 3. The Morgan fingerprint density at radius 3 is 2.52 bits per heavy atom. The van der Waals surface area contributed by atoms with Crippen molar-refractivity contribution in [2.24, 2.45) is 0 Å². The Kier molecular flexibility index (Phi) is 5.60. The van der Waals surface area contributed by atoms with Gasteiger partial charge in [0.25, 0.3) is 0 Å². The minimum atomic E-state index is -0.135. The van der Waals surface area contributed by atoms with Gasteiger partial charge in [0.15, 0.2) is 0 Å². The van der Waals surface area contributed by atoms with E-state index in [9.17, 15) is 9.59 Å². The molecule has 27 heavy (non-hydrogen) atoms. The van der Waals surface area contributed by atoms with E-state index in [-0.39, 0.29) is 23.8 Å². The van der Waals surface area contributed by atoms with Crippen LogP contribution in [-0.4, -0.2) is 17.5 Å². The van der Waals surface area contributed by atoms with Crippen LogP contribution in [0.4, 0.5) is 5.69 Å². The van der Waals surface area contributed by atoms with Crippen molar-refractivity contribution < 1.29 is 9.53 Å². The van der Waals surface area contributed by atoms with Crippen molar-refractivity contribution in [3.05, 3.63) is 70.0 Å². The summed E-state index contributed by atoms with van der Waals surface area (Å²) in [6, 6.07) is 14.7. The zero-order valence-electron chi connectivity index (χ0n) is 15.8. The molecular weight excluding hydrogens is 340 g/mol. The van der Waals surface area contributed by atoms with E-state index in [0.29, 0.717) is 12.3 Å². The highest BCUT2D eigenvalue weighted by atomic mass is 16.5. The van der Waals surface area contributed by atoms with Crippen molar-refractivity contribution in [1.82, 2.24) is 4.98 Å². The average Bonchev–Trinajstić information content (AvgIpc) is 2.62. The Hall–Kier alpha value is -3.08. The van der Waals surface area contributed by atoms with E-state index in [1.54, 1.807) is 12.1 Å². The zero-order valence-corrected chi connectivity index (χ0v) is 15.8. The van der Waals surface area contributed by atoms with E-state index < -0.39 is 0 Å². The number of hydrogen-bond donors (Lipinski definition) is 2. The molecule has 0 saturated carbocycles. The molecule has 0 atom stereocenters. The standard InChI is InChI=1S/C22H24N2O3/c1-4-27-17-8-5-15(6-9-17)11-21(25)23-16-7-10-18-19(14(2)3)13-22(26)24-20(18)12-16/h5-10,12-14H,4,11H2,1-3H3,(H,23,25)(H,24,26). The summed E-state index contributed by atoms with van der Waals surface area (Å²) in [4.78, 5) is 27.1. The summed E-state index contributed by atoms with van der Waals surface area (Å²) in [6.07, 6.45) is 0.271. The number of ether oxygens (including phenoxy) is 1. The zero-order chi connectivity index (χ0) is 19.4. The molecule has 1 aromatic heterocycles. The van der Waals surface area contributed by atoms with E-state index >= 15 is 0 Å². The molecular formula is C22H24N2O3. The highest BCUT2D eigenvalue weighted by Gasteiger charge is 2.10. The van der Waals surface area contributed by atoms with Gasteiger partial charge in [-0.15, -0.1) is 0 Å². The van der Waals surface area contributed by atoms with Crippen LogP contribution >= 0.6 is 0 Å². The number of anilines is 1. The van der Waals surface area contributed by atoms with Crippen LogP contribution in [0.15, 0.2) is 53.3 Å². The smallest absolute Gasteiger partial charge is 0.248 e. The maximum atomic E-state index is 12.4. The van der Waals surface area contributed by atoms with E-state index in [2.05, 4.69) is 24.1 Å². The third-order valence-corrected chi connectivity index (χ3v) is 4.38. The Morgan fingerprint density at radius 1 is 1.11 bits per heavy atom. The summed E-state index contributed by atoms with van der Waals surface area (Å²) >= 11 is 0. The number of H-pyrrole nitrogens is 1. The number of benzene rings is 2. The monoisotopic (exact) mass is 364 g/mol. The number of pyridine rings is 1. The van der Waals surface area contributed by atoms with Gasteiger partial charge in [-0.25, -0.2) is 0 Å². The molecule has 2 N–H and O–H groups in total. The first-order valence-corrected chi connectivity index (χ1v) is 9.15. The van der Waals surface area contributed by atoms with Crippen LogP contribution in [0.5, 0.6) is 5.75 Å². The van der Waals surface area contributed by atoms with Gasteiger partial charge in [0.2, 0.25) is 11.5 Å². The van der Waals surface area contributed by atoms with Crippen LogP contribution in [0.2, 0.25) is 0 Å². The molecule has 3 rings (SSSR count). The molecule has 0 aliphatic heterocycles. The fourth-order valence-electron chi connectivity index (χ4n) is 3.10. The summed E-state index contributed by atoms with van der Waals surface area (Å²) in [7, 11) is 0. The van der Waals surface area contributed by atoms with Crippen LogP contribution in [-0.2, 0) is 11.2 Å². The molecule has 0 aliphatic rings. The molecule has 5 heteroatoms. The fraction of sp³-hybridized carbons (Fsp3) is 0.273. The SMILES string of the molecule is CCOc1ccc(CC(=O)Nc2ccc3c(C(C)C)cc(=O)[nH]c3c2)cc1. The largest absolute Gasteiger partial charge is 0.494 e. The molecule has 3 aromatic rings. The van der Waals surface area contributed by atoms with Crippen LogP contribution in [0.25, 0.3) is 10.9 Å². The number of aromatic amines is 1. The lowest BCUT2D eigenvalue weighted by atomic mass is 9.99. The second-order valence-electron chi connectivity index (χ2n) is 6.81. The first-order chi connectivity index (χ1) is 13.0. The fourth-order valence-corrected chi connectivity index (χ4v) is 3.10. The van der Waals surface area contributed by atoms with Gasteiger partial charge in [-0.2, -0.15) is 0 Å². The quantitative estimate of drug-likeness (QED) is 0.687. The Labute approximate surface area is 158 Å². The minimum absolute atomic E-state index is 0.110. The first kappa shape index (κ1) is 18.7. The van der Waals surface area contributed by atoms with Crippen molar-refractivity contribution in [2.45, 2.75) is 33.1 Å². The molecule has 0 bridgehead atoms. The normalized spacial score (nSPS) is 11.0. The van der Waals surface area contributed by atoms with Crippen molar-refractivity contribution >= 4 is 22.5 Å². The predicted molar refractivity (Wildman–Crippen MR) is 109 cm³/mol. The van der Waals surface area contributed by atoms with E-state index in [1.165, 1.54) is 0 Å². The Morgan fingerprint density at radius 2 is 1.85 bits per heavy atom. The Balaban J connectivity index is 1.76. The maximum absolute atomic E-state index is 12.4. The summed E-state index contributed by atoms with van der Waals surface area (Å²) < 4.78 is 5.41. The first-order valence-electron chi connectivity index (χ1n) is 9.15. The molecule has 2 aromatic carbocycles. The van der Waals surface area contributed by atoms with Crippen LogP contribution < -0.4 is 15.6 Å². The maximum Gasteiger partial charge on any atom is 0.248 e. The van der Waals surface area contributed by atoms with Gasteiger partial charge in [-0.3, -0.25) is 9.59 Å². The molecule has 1 amide bonds. The molecule has 0 unspecified atom stereocenters. The average molecular weight is 364 g/mol. The van der Waals surface area contributed by atoms with Crippen LogP contribution in [0.3, 0.4) is 0 Å². The molecule has 0 aliphatic carbocycles. The van der Waals surface area contributed by atoms with Crippen LogP contribution in [0, 0.1) is 0 Å². The number of carbonyl (C=O) groups is 1. The second kappa shape index (κ2) is 8.08. The number of nitrogens with one attached hydrogen (secondary N) is 2. The number of carbonyl (C=O) groups excluding carboxylic acids is 1. The van der Waals surface area contributed by atoms with E-state index in [4.69, 9.17) is 4.74 Å². The number of fused-ring (bicyclic) bond motifs is 1. The number of rotatable bonds is 6. The molecule has 0 radical (unpaired) electrons. The number of amides is 1. The van der Waals surface area contributed by atoms with Gasteiger partial charge in [0.05, 0.1) is 18.5 Å². The summed E-state index contributed by atoms with van der Waals surface area (Å²) in [5.74, 6) is 0.928. The van der Waals surface area contributed by atoms with Crippen molar-refractivity contribution in [3.8, 4) is 5.75 Å². The van der Waals surface area contributed by atoms with Crippen LogP contribution in [0.1, 0.15) is 37.8 Å². The van der Waals surface area contributed by atoms with Gasteiger partial charge in [-0.1, -0.05) is 32.0 Å². The lowest BCUT2D eigenvalue weighted by molar-refractivity contribution is -0.115. The highest BCUT2D eigenvalue weighted by molar-refractivity contribution is 5.95. The molecule has 5 nitrogen and oxygen atoms in total. The van der Waals surface area contributed by atoms with Gasteiger partial charge in [-0.05, 0) is 48.2 Å². The topological polar surface area (TPSA) is 71.2 Å². The van der Waals surface area contributed by atoms with Crippen molar-refractivity contribution in [2.75, 3.05) is 11.9 Å². The van der Waals surface area contributed by atoms with Crippen molar-refractivity contribution in [1.29, 1.82) is 0 Å². The Bertz CT molecular complexity index is 1000.